The third-order valence-electron chi connectivity index (χ3n) is 5.84. The summed E-state index contributed by atoms with van der Waals surface area (Å²) in [5, 5.41) is 11.7. The van der Waals surface area contributed by atoms with E-state index < -0.39 is 0 Å². The third kappa shape index (κ3) is 5.22. The number of hydrogen-bond donors (Lipinski definition) is 4. The first-order valence-corrected chi connectivity index (χ1v) is 11.3. The summed E-state index contributed by atoms with van der Waals surface area (Å²) >= 11 is 0. The number of anilines is 2. The van der Waals surface area contributed by atoms with Crippen molar-refractivity contribution in [2.24, 2.45) is 5.73 Å². The maximum atomic E-state index is 13.1. The van der Waals surface area contributed by atoms with Gasteiger partial charge in [0.1, 0.15) is 0 Å². The lowest BCUT2D eigenvalue weighted by molar-refractivity contribution is -0.117. The summed E-state index contributed by atoms with van der Waals surface area (Å²) in [6.07, 6.45) is 0.543. The minimum Gasteiger partial charge on any atom is -0.398 e. The lowest BCUT2D eigenvalue weighted by atomic mass is 9.94. The summed E-state index contributed by atoms with van der Waals surface area (Å²) in [6.45, 7) is 0.406. The first kappa shape index (κ1) is 23.0. The van der Waals surface area contributed by atoms with Crippen LogP contribution in [0.5, 0.6) is 0 Å². The SMILES string of the molecule is N=C(c1ccc(-c2ccccc2)cc1)c1cc(NC(=O)C(CCN)c2ccccc2)ccc1N. The second-order valence-corrected chi connectivity index (χ2v) is 8.15. The minimum atomic E-state index is -0.350. The second kappa shape index (κ2) is 10.6. The molecule has 0 spiro atoms. The van der Waals surface area contributed by atoms with Gasteiger partial charge >= 0.3 is 0 Å². The van der Waals surface area contributed by atoms with Crippen molar-refractivity contribution < 1.29 is 4.79 Å². The molecule has 34 heavy (non-hydrogen) atoms. The molecule has 5 nitrogen and oxygen atoms in total. The zero-order valence-electron chi connectivity index (χ0n) is 18.9. The van der Waals surface area contributed by atoms with Gasteiger partial charge in [0, 0.05) is 22.5 Å². The number of benzene rings is 4. The fourth-order valence-electron chi connectivity index (χ4n) is 4.00. The van der Waals surface area contributed by atoms with Gasteiger partial charge in [-0.1, -0.05) is 84.9 Å². The Kier molecular flexibility index (Phi) is 7.16. The van der Waals surface area contributed by atoms with Crippen LogP contribution in [0, 0.1) is 5.41 Å². The third-order valence-corrected chi connectivity index (χ3v) is 5.84. The van der Waals surface area contributed by atoms with Gasteiger partial charge in [0.2, 0.25) is 5.91 Å². The van der Waals surface area contributed by atoms with E-state index in [4.69, 9.17) is 16.9 Å². The van der Waals surface area contributed by atoms with Crippen molar-refractivity contribution in [2.75, 3.05) is 17.6 Å². The van der Waals surface area contributed by atoms with E-state index >= 15 is 0 Å². The Hall–Kier alpha value is -4.22. The van der Waals surface area contributed by atoms with E-state index in [-0.39, 0.29) is 11.8 Å². The van der Waals surface area contributed by atoms with Crippen LogP contribution in [-0.4, -0.2) is 18.2 Å². The lowest BCUT2D eigenvalue weighted by Crippen LogP contribution is -2.23. The van der Waals surface area contributed by atoms with Gasteiger partial charge in [-0.05, 0) is 47.9 Å². The van der Waals surface area contributed by atoms with Crippen molar-refractivity contribution in [3.05, 3.63) is 120 Å². The van der Waals surface area contributed by atoms with E-state index in [1.165, 1.54) is 0 Å². The van der Waals surface area contributed by atoms with E-state index in [9.17, 15) is 4.79 Å². The van der Waals surface area contributed by atoms with Gasteiger partial charge in [0.05, 0.1) is 11.6 Å². The first-order chi connectivity index (χ1) is 16.6. The number of amides is 1. The molecule has 1 amide bonds. The molecule has 0 saturated heterocycles. The van der Waals surface area contributed by atoms with E-state index in [1.54, 1.807) is 18.2 Å². The van der Waals surface area contributed by atoms with Crippen LogP contribution >= 0.6 is 0 Å². The number of carbonyl (C=O) groups is 1. The molecule has 1 atom stereocenters. The number of nitrogen functional groups attached to an aromatic ring is 1. The van der Waals surface area contributed by atoms with Crippen molar-refractivity contribution >= 4 is 23.0 Å². The van der Waals surface area contributed by atoms with Gasteiger partial charge in [0.15, 0.2) is 0 Å². The van der Waals surface area contributed by atoms with E-state index in [0.717, 1.165) is 22.3 Å². The number of rotatable bonds is 8. The van der Waals surface area contributed by atoms with Gasteiger partial charge in [-0.25, -0.2) is 0 Å². The highest BCUT2D eigenvalue weighted by Crippen LogP contribution is 2.26. The number of carbonyl (C=O) groups excluding carboxylic acids is 1. The smallest absolute Gasteiger partial charge is 0.231 e. The predicted octanol–water partition coefficient (Wildman–Crippen LogP) is 5.42. The van der Waals surface area contributed by atoms with E-state index in [0.29, 0.717) is 35.6 Å². The summed E-state index contributed by atoms with van der Waals surface area (Å²) in [5.41, 5.74) is 17.8. The Labute approximate surface area is 200 Å². The highest BCUT2D eigenvalue weighted by Gasteiger charge is 2.20. The first-order valence-electron chi connectivity index (χ1n) is 11.3. The number of nitrogens with one attached hydrogen (secondary N) is 2. The quantitative estimate of drug-likeness (QED) is 0.213. The summed E-state index contributed by atoms with van der Waals surface area (Å²) in [5.74, 6) is -0.483. The van der Waals surface area contributed by atoms with Gasteiger partial charge in [-0.15, -0.1) is 0 Å². The number of hydrogen-bond acceptors (Lipinski definition) is 4. The molecule has 0 aliphatic heterocycles. The predicted molar refractivity (Wildman–Crippen MR) is 140 cm³/mol. The molecule has 6 N–H and O–H groups in total. The Morgan fingerprint density at radius 1 is 0.824 bits per heavy atom. The maximum Gasteiger partial charge on any atom is 0.231 e. The molecular formula is C29H28N4O. The van der Waals surface area contributed by atoms with E-state index in [1.807, 2.05) is 72.8 Å². The monoisotopic (exact) mass is 448 g/mol. The van der Waals surface area contributed by atoms with Crippen LogP contribution in [0.2, 0.25) is 0 Å². The zero-order valence-corrected chi connectivity index (χ0v) is 18.9. The van der Waals surface area contributed by atoms with Gasteiger partial charge < -0.3 is 16.8 Å². The molecule has 0 radical (unpaired) electrons. The number of nitrogens with two attached hydrogens (primary N) is 2. The van der Waals surface area contributed by atoms with Crippen LogP contribution in [0.1, 0.15) is 29.0 Å². The van der Waals surface area contributed by atoms with Crippen LogP contribution in [-0.2, 0) is 4.79 Å². The fourth-order valence-corrected chi connectivity index (χ4v) is 4.00. The lowest BCUT2D eigenvalue weighted by Gasteiger charge is -2.17. The van der Waals surface area contributed by atoms with Crippen LogP contribution in [0.4, 0.5) is 11.4 Å². The Balaban J connectivity index is 1.54. The minimum absolute atomic E-state index is 0.133. The van der Waals surface area contributed by atoms with Gasteiger partial charge in [-0.2, -0.15) is 0 Å². The Morgan fingerprint density at radius 2 is 1.44 bits per heavy atom. The molecule has 5 heteroatoms. The molecule has 4 aromatic rings. The summed E-state index contributed by atoms with van der Waals surface area (Å²) < 4.78 is 0. The van der Waals surface area contributed by atoms with Gasteiger partial charge in [-0.3, -0.25) is 10.2 Å². The van der Waals surface area contributed by atoms with Crippen molar-refractivity contribution in [2.45, 2.75) is 12.3 Å². The fraction of sp³-hybridized carbons (Fsp3) is 0.103. The van der Waals surface area contributed by atoms with E-state index in [2.05, 4.69) is 17.4 Å². The summed E-state index contributed by atoms with van der Waals surface area (Å²) in [6, 6.07) is 32.8. The van der Waals surface area contributed by atoms with Crippen molar-refractivity contribution in [1.82, 2.24) is 0 Å². The molecule has 0 bridgehead atoms. The molecule has 0 aliphatic rings. The summed E-state index contributed by atoms with van der Waals surface area (Å²) in [4.78, 5) is 13.1. The molecule has 170 valence electrons. The Bertz CT molecular complexity index is 1270. The highest BCUT2D eigenvalue weighted by molar-refractivity contribution is 6.14. The molecule has 0 fully saturated rings. The molecule has 4 rings (SSSR count). The molecular weight excluding hydrogens is 420 g/mol. The molecule has 0 heterocycles. The van der Waals surface area contributed by atoms with Crippen LogP contribution in [0.25, 0.3) is 11.1 Å². The highest BCUT2D eigenvalue weighted by atomic mass is 16.1. The molecule has 0 aliphatic carbocycles. The summed E-state index contributed by atoms with van der Waals surface area (Å²) in [7, 11) is 0. The standard InChI is InChI=1S/C29H28N4O/c30-18-17-25(22-9-5-2-6-10-22)29(34)33-24-15-16-27(31)26(19-24)28(32)23-13-11-21(12-14-23)20-7-3-1-4-8-20/h1-16,19,25,32H,17-18,30-31H2,(H,33,34). The van der Waals surface area contributed by atoms with Crippen LogP contribution < -0.4 is 16.8 Å². The van der Waals surface area contributed by atoms with Gasteiger partial charge in [0.25, 0.3) is 0 Å². The largest absolute Gasteiger partial charge is 0.398 e. The Morgan fingerprint density at radius 3 is 2.09 bits per heavy atom. The van der Waals surface area contributed by atoms with Crippen LogP contribution in [0.15, 0.2) is 103 Å². The maximum absolute atomic E-state index is 13.1. The second-order valence-electron chi connectivity index (χ2n) is 8.15. The van der Waals surface area contributed by atoms with Crippen molar-refractivity contribution in [1.29, 1.82) is 5.41 Å². The molecule has 0 saturated carbocycles. The topological polar surface area (TPSA) is 105 Å². The average molecular weight is 449 g/mol. The van der Waals surface area contributed by atoms with Crippen LogP contribution in [0.3, 0.4) is 0 Å². The average Bonchev–Trinajstić information content (AvgIpc) is 2.89. The van der Waals surface area contributed by atoms with Crippen molar-refractivity contribution in [3.63, 3.8) is 0 Å². The molecule has 4 aromatic carbocycles. The molecule has 0 aromatic heterocycles. The molecule has 1 unspecified atom stereocenters. The normalized spacial score (nSPS) is 11.6. The zero-order chi connectivity index (χ0) is 23.9. The van der Waals surface area contributed by atoms with Crippen molar-refractivity contribution in [3.8, 4) is 11.1 Å².